The number of aliphatic hydroxyl groups is 1. The van der Waals surface area contributed by atoms with Crippen LogP contribution in [0.5, 0.6) is 5.88 Å². The highest BCUT2D eigenvalue weighted by Gasteiger charge is 2.22. The van der Waals surface area contributed by atoms with Gasteiger partial charge in [0.1, 0.15) is 6.10 Å². The predicted molar refractivity (Wildman–Crippen MR) is 117 cm³/mol. The third-order valence-corrected chi connectivity index (χ3v) is 5.74. The molecule has 150 valence electrons. The zero-order chi connectivity index (χ0) is 20.3. The van der Waals surface area contributed by atoms with Crippen LogP contribution in [0.15, 0.2) is 33.7 Å². The van der Waals surface area contributed by atoms with Gasteiger partial charge < -0.3 is 14.7 Å². The van der Waals surface area contributed by atoms with Gasteiger partial charge in [-0.25, -0.2) is 9.98 Å². The molecule has 28 heavy (non-hydrogen) atoms. The van der Waals surface area contributed by atoms with Crippen LogP contribution in [-0.4, -0.2) is 41.0 Å². The lowest BCUT2D eigenvalue weighted by atomic mass is 9.88. The van der Waals surface area contributed by atoms with Crippen molar-refractivity contribution in [2.24, 2.45) is 4.99 Å². The van der Waals surface area contributed by atoms with Crippen molar-refractivity contribution >= 4 is 28.0 Å². The maximum atomic E-state index is 9.85. The summed E-state index contributed by atoms with van der Waals surface area (Å²) < 4.78 is 7.06. The summed E-state index contributed by atoms with van der Waals surface area (Å²) in [6.45, 7) is 6.72. The first-order chi connectivity index (χ1) is 13.4. The number of hydrogen-bond donors (Lipinski definition) is 1. The molecule has 1 aromatic carbocycles. The highest BCUT2D eigenvalue weighted by molar-refractivity contribution is 9.10. The van der Waals surface area contributed by atoms with Crippen LogP contribution in [0.2, 0.25) is 0 Å². The lowest BCUT2D eigenvalue weighted by molar-refractivity contribution is 0.175. The van der Waals surface area contributed by atoms with Gasteiger partial charge in [0.25, 0.3) is 0 Å². The van der Waals surface area contributed by atoms with Gasteiger partial charge in [-0.15, -0.1) is 0 Å². The third kappa shape index (κ3) is 4.92. The van der Waals surface area contributed by atoms with E-state index in [0.29, 0.717) is 5.88 Å². The van der Waals surface area contributed by atoms with Crippen LogP contribution >= 0.6 is 15.9 Å². The largest absolute Gasteiger partial charge is 0.473 e. The van der Waals surface area contributed by atoms with Crippen molar-refractivity contribution in [3.05, 3.63) is 51.1 Å². The molecule has 1 heterocycles. The molecule has 3 rings (SSSR count). The van der Waals surface area contributed by atoms with Crippen molar-refractivity contribution in [3.8, 4) is 5.88 Å². The zero-order valence-corrected chi connectivity index (χ0v) is 18.5. The van der Waals surface area contributed by atoms with Crippen LogP contribution in [0.3, 0.4) is 0 Å². The van der Waals surface area contributed by atoms with Gasteiger partial charge in [0.15, 0.2) is 0 Å². The molecule has 0 amide bonds. The number of halogens is 1. The van der Waals surface area contributed by atoms with Crippen molar-refractivity contribution < 1.29 is 9.84 Å². The van der Waals surface area contributed by atoms with Crippen molar-refractivity contribution in [2.75, 3.05) is 13.6 Å². The lowest BCUT2D eigenvalue weighted by Gasteiger charge is -2.26. The number of nitrogens with zero attached hydrogens (tertiary/aromatic N) is 3. The Labute approximate surface area is 175 Å². The number of ether oxygens (including phenoxy) is 1. The Morgan fingerprint density at radius 3 is 2.89 bits per heavy atom. The Morgan fingerprint density at radius 1 is 1.39 bits per heavy atom. The molecule has 0 bridgehead atoms. The topological polar surface area (TPSA) is 58.0 Å². The van der Waals surface area contributed by atoms with Crippen LogP contribution in [0.1, 0.15) is 48.8 Å². The van der Waals surface area contributed by atoms with Crippen molar-refractivity contribution in [2.45, 2.75) is 52.2 Å². The van der Waals surface area contributed by atoms with E-state index in [1.807, 2.05) is 37.3 Å². The van der Waals surface area contributed by atoms with E-state index in [2.05, 4.69) is 45.0 Å². The molecule has 0 fully saturated rings. The maximum absolute atomic E-state index is 9.85. The first-order valence-electron chi connectivity index (χ1n) is 9.75. The Kier molecular flexibility index (Phi) is 6.73. The minimum atomic E-state index is -0.454. The molecule has 2 aromatic rings. The van der Waals surface area contributed by atoms with E-state index in [9.17, 15) is 5.11 Å². The van der Waals surface area contributed by atoms with E-state index in [0.717, 1.165) is 47.2 Å². The Morgan fingerprint density at radius 2 is 2.18 bits per heavy atom. The van der Waals surface area contributed by atoms with Crippen molar-refractivity contribution in [1.82, 2.24) is 9.88 Å². The number of aliphatic imine (C=N–C) groups is 1. The van der Waals surface area contributed by atoms with Gasteiger partial charge in [0.2, 0.25) is 5.88 Å². The number of hydrogen-bond acceptors (Lipinski definition) is 4. The van der Waals surface area contributed by atoms with Gasteiger partial charge in [-0.3, -0.25) is 0 Å². The fourth-order valence-corrected chi connectivity index (χ4v) is 3.67. The van der Waals surface area contributed by atoms with Gasteiger partial charge in [-0.05, 0) is 72.3 Å². The molecule has 0 saturated carbocycles. The molecule has 1 aromatic heterocycles. The highest BCUT2D eigenvalue weighted by Crippen LogP contribution is 2.33. The number of aryl methyl sites for hydroxylation is 2. The van der Waals surface area contributed by atoms with Crippen LogP contribution < -0.4 is 4.74 Å². The normalized spacial score (nSPS) is 17.4. The molecule has 2 unspecified atom stereocenters. The summed E-state index contributed by atoms with van der Waals surface area (Å²) in [6, 6.07) is 8.21. The summed E-state index contributed by atoms with van der Waals surface area (Å²) in [5.41, 5.74) is 5.22. The summed E-state index contributed by atoms with van der Waals surface area (Å²) in [5, 5.41) is 9.85. The minimum absolute atomic E-state index is 0.0699. The van der Waals surface area contributed by atoms with Crippen molar-refractivity contribution in [3.63, 3.8) is 0 Å². The van der Waals surface area contributed by atoms with Gasteiger partial charge in [-0.2, -0.15) is 0 Å². The second kappa shape index (κ2) is 9.05. The van der Waals surface area contributed by atoms with Gasteiger partial charge in [-0.1, -0.05) is 18.2 Å². The highest BCUT2D eigenvalue weighted by atomic mass is 79.9. The summed E-state index contributed by atoms with van der Waals surface area (Å²) in [6.07, 6.45) is 4.18. The molecular formula is C22H28BrN3O2. The number of rotatable bonds is 6. The maximum Gasteiger partial charge on any atom is 0.228 e. The standard InChI is InChI=1S/C22H28BrN3O2/c1-5-26(4)13-24-21-12-20(23)22(25-14(21)2)28-19-9-8-16-6-7-17(15(3)27)10-18(16)11-19/h6-7,10,12-13,15,19,27H,5,8-9,11H2,1-4H3. The molecule has 5 nitrogen and oxygen atoms in total. The summed E-state index contributed by atoms with van der Waals surface area (Å²) in [7, 11) is 1.99. The first-order valence-corrected chi connectivity index (χ1v) is 10.5. The average molecular weight is 446 g/mol. The fraction of sp³-hybridized carbons (Fsp3) is 0.455. The zero-order valence-electron chi connectivity index (χ0n) is 16.9. The van der Waals surface area contributed by atoms with E-state index in [1.54, 1.807) is 6.92 Å². The second-order valence-electron chi connectivity index (χ2n) is 7.38. The van der Waals surface area contributed by atoms with E-state index < -0.39 is 6.10 Å². The van der Waals surface area contributed by atoms with Gasteiger partial charge in [0.05, 0.1) is 28.3 Å². The quantitative estimate of drug-likeness (QED) is 0.514. The predicted octanol–water partition coefficient (Wildman–Crippen LogP) is 4.75. The Balaban J connectivity index is 1.75. The molecule has 6 heteroatoms. The molecule has 0 saturated heterocycles. The first kappa shape index (κ1) is 20.8. The number of benzene rings is 1. The number of pyridine rings is 1. The van der Waals surface area contributed by atoms with Crippen LogP contribution in [0.4, 0.5) is 5.69 Å². The number of aromatic nitrogens is 1. The third-order valence-electron chi connectivity index (χ3n) is 5.17. The second-order valence-corrected chi connectivity index (χ2v) is 8.24. The van der Waals surface area contributed by atoms with E-state index in [-0.39, 0.29) is 6.10 Å². The molecular weight excluding hydrogens is 418 g/mol. The van der Waals surface area contributed by atoms with Crippen LogP contribution in [-0.2, 0) is 12.8 Å². The van der Waals surface area contributed by atoms with E-state index >= 15 is 0 Å². The summed E-state index contributed by atoms with van der Waals surface area (Å²) in [4.78, 5) is 11.2. The molecule has 0 radical (unpaired) electrons. The minimum Gasteiger partial charge on any atom is -0.473 e. The van der Waals surface area contributed by atoms with Crippen LogP contribution in [0, 0.1) is 6.92 Å². The van der Waals surface area contributed by atoms with Gasteiger partial charge >= 0.3 is 0 Å². The smallest absolute Gasteiger partial charge is 0.228 e. The van der Waals surface area contributed by atoms with Gasteiger partial charge in [0, 0.05) is 20.0 Å². The monoisotopic (exact) mass is 445 g/mol. The Bertz CT molecular complexity index is 867. The Hall–Kier alpha value is -1.92. The summed E-state index contributed by atoms with van der Waals surface area (Å²) >= 11 is 3.59. The fourth-order valence-electron chi connectivity index (χ4n) is 3.27. The molecule has 1 aliphatic rings. The lowest BCUT2D eigenvalue weighted by Crippen LogP contribution is -2.26. The van der Waals surface area contributed by atoms with E-state index in [1.165, 1.54) is 11.1 Å². The van der Waals surface area contributed by atoms with Crippen LogP contribution in [0.25, 0.3) is 0 Å². The molecule has 1 aliphatic carbocycles. The SMILES string of the molecule is CCN(C)C=Nc1cc(Br)c(OC2CCc3ccc(C(C)O)cc3C2)nc1C. The number of fused-ring (bicyclic) bond motifs is 1. The van der Waals surface area contributed by atoms with E-state index in [4.69, 9.17) is 4.74 Å². The average Bonchev–Trinajstić information content (AvgIpc) is 2.68. The molecule has 1 N–H and O–H groups in total. The molecule has 2 atom stereocenters. The number of aliphatic hydroxyl groups excluding tert-OH is 1. The van der Waals surface area contributed by atoms with Crippen molar-refractivity contribution in [1.29, 1.82) is 0 Å². The molecule has 0 spiro atoms. The summed E-state index contributed by atoms with van der Waals surface area (Å²) in [5.74, 6) is 0.612. The molecule has 0 aliphatic heterocycles.